The molecule has 120 valence electrons. The van der Waals surface area contributed by atoms with Crippen molar-refractivity contribution >= 4 is 35.0 Å². The Labute approximate surface area is 150 Å². The molecule has 0 bridgehead atoms. The standard InChI is InChI=1S/C19H15ClN2OS/c1-13-4-2-3-5-16(13)19(23)17-7-6-15(12-18(17)20)24-22-14-8-10-21-11-9-14/h2-12H,1H3,(H,21,22). The zero-order chi connectivity index (χ0) is 16.9. The number of aryl methyl sites for hydroxylation is 1. The maximum absolute atomic E-state index is 12.7. The van der Waals surface area contributed by atoms with E-state index in [1.807, 2.05) is 49.4 Å². The van der Waals surface area contributed by atoms with Crippen LogP contribution >= 0.6 is 23.5 Å². The number of anilines is 1. The second kappa shape index (κ2) is 7.51. The van der Waals surface area contributed by atoms with E-state index in [0.717, 1.165) is 16.1 Å². The number of hydrogen-bond donors (Lipinski definition) is 1. The van der Waals surface area contributed by atoms with Gasteiger partial charge < -0.3 is 4.72 Å². The molecule has 24 heavy (non-hydrogen) atoms. The number of aromatic nitrogens is 1. The third kappa shape index (κ3) is 3.78. The van der Waals surface area contributed by atoms with Crippen LogP contribution in [0.5, 0.6) is 0 Å². The van der Waals surface area contributed by atoms with E-state index >= 15 is 0 Å². The summed E-state index contributed by atoms with van der Waals surface area (Å²) < 4.78 is 3.21. The molecule has 0 amide bonds. The van der Waals surface area contributed by atoms with E-state index in [0.29, 0.717) is 16.1 Å². The summed E-state index contributed by atoms with van der Waals surface area (Å²) >= 11 is 7.77. The molecule has 0 spiro atoms. The van der Waals surface area contributed by atoms with Gasteiger partial charge in [-0.2, -0.15) is 0 Å². The molecule has 2 aromatic carbocycles. The molecule has 0 fully saturated rings. The van der Waals surface area contributed by atoms with Gasteiger partial charge in [0.15, 0.2) is 5.78 Å². The van der Waals surface area contributed by atoms with Crippen molar-refractivity contribution in [1.29, 1.82) is 0 Å². The van der Waals surface area contributed by atoms with Crippen molar-refractivity contribution in [3.8, 4) is 0 Å². The van der Waals surface area contributed by atoms with Crippen molar-refractivity contribution in [2.45, 2.75) is 11.8 Å². The lowest BCUT2D eigenvalue weighted by atomic mass is 9.99. The van der Waals surface area contributed by atoms with Crippen LogP contribution in [0.3, 0.4) is 0 Å². The molecule has 0 saturated carbocycles. The van der Waals surface area contributed by atoms with E-state index in [-0.39, 0.29) is 5.78 Å². The summed E-state index contributed by atoms with van der Waals surface area (Å²) in [6.45, 7) is 1.92. The number of carbonyl (C=O) groups is 1. The first-order valence-corrected chi connectivity index (χ1v) is 8.57. The van der Waals surface area contributed by atoms with Gasteiger partial charge in [-0.05, 0) is 54.8 Å². The minimum atomic E-state index is -0.0586. The highest BCUT2D eigenvalue weighted by molar-refractivity contribution is 8.00. The quantitative estimate of drug-likeness (QED) is 0.492. The van der Waals surface area contributed by atoms with Crippen molar-refractivity contribution in [3.05, 3.63) is 88.7 Å². The Morgan fingerprint density at radius 3 is 2.50 bits per heavy atom. The molecule has 3 nitrogen and oxygen atoms in total. The molecule has 3 aromatic rings. The molecule has 0 radical (unpaired) electrons. The summed E-state index contributed by atoms with van der Waals surface area (Å²) in [5.41, 5.74) is 3.08. The third-order valence-electron chi connectivity index (χ3n) is 3.54. The molecular weight excluding hydrogens is 340 g/mol. The Balaban J connectivity index is 1.77. The topological polar surface area (TPSA) is 42.0 Å². The van der Waals surface area contributed by atoms with Crippen LogP contribution < -0.4 is 4.72 Å². The van der Waals surface area contributed by atoms with Crippen molar-refractivity contribution < 1.29 is 4.79 Å². The summed E-state index contributed by atoms with van der Waals surface area (Å²) in [5.74, 6) is -0.0586. The number of carbonyl (C=O) groups excluding carboxylic acids is 1. The summed E-state index contributed by atoms with van der Waals surface area (Å²) in [6.07, 6.45) is 3.44. The molecule has 0 aliphatic heterocycles. The second-order valence-electron chi connectivity index (χ2n) is 5.23. The number of hydrogen-bond acceptors (Lipinski definition) is 4. The summed E-state index contributed by atoms with van der Waals surface area (Å²) in [5, 5.41) is 0.449. The normalized spacial score (nSPS) is 10.4. The van der Waals surface area contributed by atoms with Crippen molar-refractivity contribution in [1.82, 2.24) is 4.98 Å². The molecule has 1 heterocycles. The van der Waals surface area contributed by atoms with Crippen LogP contribution in [0.1, 0.15) is 21.5 Å². The minimum absolute atomic E-state index is 0.0586. The number of nitrogens with one attached hydrogen (secondary N) is 1. The summed E-state index contributed by atoms with van der Waals surface area (Å²) in [4.78, 5) is 17.6. The van der Waals surface area contributed by atoms with Crippen LogP contribution in [0.15, 0.2) is 71.9 Å². The van der Waals surface area contributed by atoms with Crippen molar-refractivity contribution in [2.75, 3.05) is 4.72 Å². The Kier molecular flexibility index (Phi) is 5.18. The van der Waals surface area contributed by atoms with Crippen LogP contribution in [0.2, 0.25) is 5.02 Å². The first kappa shape index (κ1) is 16.6. The number of halogens is 1. The van der Waals surface area contributed by atoms with Gasteiger partial charge in [0, 0.05) is 34.1 Å². The highest BCUT2D eigenvalue weighted by atomic mass is 35.5. The van der Waals surface area contributed by atoms with Crippen molar-refractivity contribution in [2.24, 2.45) is 0 Å². The first-order chi connectivity index (χ1) is 11.6. The smallest absolute Gasteiger partial charge is 0.194 e. The van der Waals surface area contributed by atoms with Gasteiger partial charge >= 0.3 is 0 Å². The maximum Gasteiger partial charge on any atom is 0.194 e. The number of pyridine rings is 1. The van der Waals surface area contributed by atoms with Crippen molar-refractivity contribution in [3.63, 3.8) is 0 Å². The predicted molar refractivity (Wildman–Crippen MR) is 99.8 cm³/mol. The molecule has 0 unspecified atom stereocenters. The van der Waals surface area contributed by atoms with E-state index in [1.54, 1.807) is 24.5 Å². The lowest BCUT2D eigenvalue weighted by Crippen LogP contribution is -2.04. The molecule has 1 N–H and O–H groups in total. The van der Waals surface area contributed by atoms with Gasteiger partial charge in [0.1, 0.15) is 0 Å². The molecule has 0 saturated heterocycles. The van der Waals surface area contributed by atoms with E-state index in [1.165, 1.54) is 11.9 Å². The lowest BCUT2D eigenvalue weighted by molar-refractivity contribution is 0.103. The van der Waals surface area contributed by atoms with Crippen LogP contribution in [0.4, 0.5) is 5.69 Å². The molecule has 0 aliphatic rings. The molecule has 1 aromatic heterocycles. The molecule has 0 aliphatic carbocycles. The predicted octanol–water partition coefficient (Wildman–Crippen LogP) is 5.39. The average Bonchev–Trinajstić information content (AvgIpc) is 2.61. The van der Waals surface area contributed by atoms with Gasteiger partial charge in [-0.25, -0.2) is 0 Å². The number of nitrogens with zero attached hydrogens (tertiary/aromatic N) is 1. The van der Waals surface area contributed by atoms with Gasteiger partial charge in [0.05, 0.1) is 5.02 Å². The number of benzene rings is 2. The second-order valence-corrected chi connectivity index (χ2v) is 6.51. The van der Waals surface area contributed by atoms with Crippen LogP contribution in [-0.2, 0) is 0 Å². The highest BCUT2D eigenvalue weighted by Gasteiger charge is 2.15. The van der Waals surface area contributed by atoms with Gasteiger partial charge in [-0.3, -0.25) is 9.78 Å². The van der Waals surface area contributed by atoms with Gasteiger partial charge in [-0.1, -0.05) is 35.9 Å². The highest BCUT2D eigenvalue weighted by Crippen LogP contribution is 2.28. The fraction of sp³-hybridized carbons (Fsp3) is 0.0526. The summed E-state index contributed by atoms with van der Waals surface area (Å²) in [7, 11) is 0. The minimum Gasteiger partial charge on any atom is -0.326 e. The van der Waals surface area contributed by atoms with E-state index < -0.39 is 0 Å². The van der Waals surface area contributed by atoms with E-state index in [2.05, 4.69) is 9.71 Å². The Bertz CT molecular complexity index is 868. The lowest BCUT2D eigenvalue weighted by Gasteiger charge is -2.09. The number of rotatable bonds is 5. The van der Waals surface area contributed by atoms with Crippen LogP contribution in [0, 0.1) is 6.92 Å². The zero-order valence-electron chi connectivity index (χ0n) is 13.0. The molecular formula is C19H15ClN2OS. The number of ketones is 1. The van der Waals surface area contributed by atoms with Gasteiger partial charge in [0.2, 0.25) is 0 Å². The first-order valence-electron chi connectivity index (χ1n) is 7.38. The Morgan fingerprint density at radius 1 is 1.04 bits per heavy atom. The monoisotopic (exact) mass is 354 g/mol. The Morgan fingerprint density at radius 2 is 1.79 bits per heavy atom. The third-order valence-corrected chi connectivity index (χ3v) is 4.68. The van der Waals surface area contributed by atoms with Crippen LogP contribution in [-0.4, -0.2) is 10.8 Å². The van der Waals surface area contributed by atoms with Gasteiger partial charge in [0.25, 0.3) is 0 Å². The van der Waals surface area contributed by atoms with Gasteiger partial charge in [-0.15, -0.1) is 0 Å². The largest absolute Gasteiger partial charge is 0.326 e. The zero-order valence-corrected chi connectivity index (χ0v) is 14.6. The maximum atomic E-state index is 12.7. The fourth-order valence-electron chi connectivity index (χ4n) is 2.25. The molecule has 3 rings (SSSR count). The summed E-state index contributed by atoms with van der Waals surface area (Å²) in [6, 6.07) is 16.7. The SMILES string of the molecule is Cc1ccccc1C(=O)c1ccc(SNc2ccncc2)cc1Cl. The average molecular weight is 355 g/mol. The molecule has 5 heteroatoms. The molecule has 0 atom stereocenters. The van der Waals surface area contributed by atoms with E-state index in [9.17, 15) is 4.79 Å². The fourth-order valence-corrected chi connectivity index (χ4v) is 3.27. The Hall–Kier alpha value is -2.30. The van der Waals surface area contributed by atoms with E-state index in [4.69, 9.17) is 11.6 Å². The van der Waals surface area contributed by atoms with Crippen LogP contribution in [0.25, 0.3) is 0 Å².